The summed E-state index contributed by atoms with van der Waals surface area (Å²) in [4.78, 5) is 20.5. The Hall–Kier alpha value is -4.22. The normalized spacial score (nSPS) is 16.8. The average molecular weight is 564 g/mol. The number of hydrogen-bond acceptors (Lipinski definition) is 5. The van der Waals surface area contributed by atoms with Gasteiger partial charge in [0.1, 0.15) is 5.82 Å². The largest absolute Gasteiger partial charge is 0.422 e. The Morgan fingerprint density at radius 3 is 2.41 bits per heavy atom. The molecule has 8 nitrogen and oxygen atoms in total. The number of hydrogen-bond donors (Lipinski definition) is 2. The minimum atomic E-state index is -4.99. The summed E-state index contributed by atoms with van der Waals surface area (Å²) in [7, 11) is 0. The van der Waals surface area contributed by atoms with Crippen molar-refractivity contribution in [3.63, 3.8) is 0 Å². The standard InChI is InChI=1S/C30H28F3N5O3/c31-30(32,33)29(39,19-36-14-12-21(13-15-36)28-34-25-8-4-5-9-26(25)35-28)24-18-37(17-20-6-2-1-3-7-20)27-16-22(38(40)41)10-11-23(24)27/h1-11,16,18,21,39H,12-15,17,19H2,(H,34,35). The van der Waals surface area contributed by atoms with Crippen LogP contribution >= 0.6 is 0 Å². The van der Waals surface area contributed by atoms with E-state index in [0.29, 0.717) is 25.9 Å². The minimum absolute atomic E-state index is 0.0750. The number of H-pyrrole nitrogens is 1. The number of nitrogens with zero attached hydrogens (tertiary/aromatic N) is 4. The zero-order chi connectivity index (χ0) is 28.8. The molecule has 1 fully saturated rings. The van der Waals surface area contributed by atoms with Gasteiger partial charge in [0.25, 0.3) is 5.69 Å². The van der Waals surface area contributed by atoms with Crippen LogP contribution in [0.1, 0.15) is 35.7 Å². The predicted molar refractivity (Wildman–Crippen MR) is 149 cm³/mol. The average Bonchev–Trinajstić information content (AvgIpc) is 3.55. The number of nitro benzene ring substituents is 1. The van der Waals surface area contributed by atoms with E-state index in [9.17, 15) is 28.4 Å². The number of aliphatic hydroxyl groups is 1. The van der Waals surface area contributed by atoms with Crippen molar-refractivity contribution < 1.29 is 23.2 Å². The number of alkyl halides is 3. The molecule has 0 saturated carbocycles. The fourth-order valence-corrected chi connectivity index (χ4v) is 5.82. The van der Waals surface area contributed by atoms with Crippen LogP contribution in [0.15, 0.2) is 79.0 Å². The van der Waals surface area contributed by atoms with Gasteiger partial charge in [0.2, 0.25) is 5.60 Å². The highest BCUT2D eigenvalue weighted by atomic mass is 19.4. The summed E-state index contributed by atoms with van der Waals surface area (Å²) in [6.45, 7) is 0.253. The maximum Gasteiger partial charge on any atom is 0.422 e. The highest BCUT2D eigenvalue weighted by Crippen LogP contribution is 2.44. The molecule has 2 aromatic heterocycles. The van der Waals surface area contributed by atoms with Crippen LogP contribution in [0.5, 0.6) is 0 Å². The lowest BCUT2D eigenvalue weighted by Crippen LogP contribution is -2.52. The van der Waals surface area contributed by atoms with Crippen molar-refractivity contribution in [1.29, 1.82) is 0 Å². The zero-order valence-electron chi connectivity index (χ0n) is 22.0. The molecule has 0 radical (unpaired) electrons. The van der Waals surface area contributed by atoms with E-state index in [1.807, 2.05) is 54.6 Å². The van der Waals surface area contributed by atoms with Crippen LogP contribution < -0.4 is 0 Å². The second kappa shape index (κ2) is 10.3. The number of rotatable bonds is 7. The highest BCUT2D eigenvalue weighted by molar-refractivity contribution is 5.87. The number of β-amino-alcohol motifs (C(OH)–C–C–N with tert-alkyl or cyclic N) is 1. The Morgan fingerprint density at radius 2 is 1.73 bits per heavy atom. The molecule has 1 aliphatic rings. The number of nitro groups is 1. The van der Waals surface area contributed by atoms with Gasteiger partial charge in [0.05, 0.1) is 21.5 Å². The number of aromatic nitrogens is 3. The lowest BCUT2D eigenvalue weighted by molar-refractivity contribution is -0.384. The SMILES string of the molecule is O=[N+]([O-])c1ccc2c(C(O)(CN3CCC(c4nc5ccccc5[nH]4)CC3)C(F)(F)F)cn(Cc3ccccc3)c2c1. The van der Waals surface area contributed by atoms with E-state index in [-0.39, 0.29) is 34.6 Å². The Labute approximate surface area is 233 Å². The number of halogens is 3. The van der Waals surface area contributed by atoms with Gasteiger partial charge in [-0.15, -0.1) is 0 Å². The van der Waals surface area contributed by atoms with Crippen molar-refractivity contribution in [3.8, 4) is 0 Å². The van der Waals surface area contributed by atoms with E-state index >= 15 is 0 Å². The number of likely N-dealkylation sites (tertiary alicyclic amines) is 1. The van der Waals surface area contributed by atoms with Crippen LogP contribution in [0.2, 0.25) is 0 Å². The summed E-state index contributed by atoms with van der Waals surface area (Å²) in [5.41, 5.74) is -0.901. The Bertz CT molecular complexity index is 1670. The van der Waals surface area contributed by atoms with Crippen molar-refractivity contribution in [2.24, 2.45) is 0 Å². The molecule has 1 aliphatic heterocycles. The second-order valence-electron chi connectivity index (χ2n) is 10.7. The summed E-state index contributed by atoms with van der Waals surface area (Å²) in [5, 5.41) is 23.1. The zero-order valence-corrected chi connectivity index (χ0v) is 22.0. The molecule has 2 N–H and O–H groups in total. The van der Waals surface area contributed by atoms with E-state index < -0.39 is 23.2 Å². The number of imidazole rings is 1. The van der Waals surface area contributed by atoms with E-state index in [4.69, 9.17) is 0 Å². The molecular weight excluding hydrogens is 535 g/mol. The summed E-state index contributed by atoms with van der Waals surface area (Å²) >= 11 is 0. The Kier molecular flexibility index (Phi) is 6.79. The number of para-hydroxylation sites is 2. The number of non-ortho nitro benzene ring substituents is 1. The molecule has 1 atom stereocenters. The van der Waals surface area contributed by atoms with Crippen LogP contribution in [0, 0.1) is 10.1 Å². The first-order chi connectivity index (χ1) is 19.6. The number of aromatic amines is 1. The molecule has 5 aromatic rings. The highest BCUT2D eigenvalue weighted by Gasteiger charge is 2.57. The van der Waals surface area contributed by atoms with Gasteiger partial charge in [-0.1, -0.05) is 42.5 Å². The molecule has 0 aliphatic carbocycles. The fourth-order valence-electron chi connectivity index (χ4n) is 5.82. The third-order valence-corrected chi connectivity index (χ3v) is 8.02. The Balaban J connectivity index is 1.31. The molecule has 11 heteroatoms. The van der Waals surface area contributed by atoms with Crippen molar-refractivity contribution in [2.45, 2.75) is 37.1 Å². The number of nitrogens with one attached hydrogen (secondary N) is 1. The first-order valence-corrected chi connectivity index (χ1v) is 13.4. The van der Waals surface area contributed by atoms with Gasteiger partial charge in [0.15, 0.2) is 0 Å². The van der Waals surface area contributed by atoms with E-state index in [1.165, 1.54) is 29.0 Å². The number of fused-ring (bicyclic) bond motifs is 2. The maximum atomic E-state index is 14.8. The first kappa shape index (κ1) is 27.0. The fraction of sp³-hybridized carbons (Fsp3) is 0.300. The van der Waals surface area contributed by atoms with E-state index in [2.05, 4.69) is 9.97 Å². The quantitative estimate of drug-likeness (QED) is 0.184. The third kappa shape index (κ3) is 5.07. The third-order valence-electron chi connectivity index (χ3n) is 8.02. The van der Waals surface area contributed by atoms with Gasteiger partial charge in [-0.3, -0.25) is 15.0 Å². The van der Waals surface area contributed by atoms with Crippen molar-refractivity contribution >= 4 is 27.6 Å². The van der Waals surface area contributed by atoms with E-state index in [0.717, 1.165) is 22.4 Å². The molecule has 1 unspecified atom stereocenters. The van der Waals surface area contributed by atoms with Gasteiger partial charge < -0.3 is 14.7 Å². The lowest BCUT2D eigenvalue weighted by Gasteiger charge is -2.38. The lowest BCUT2D eigenvalue weighted by atomic mass is 9.89. The van der Waals surface area contributed by atoms with Crippen LogP contribution in [0.4, 0.5) is 18.9 Å². The Morgan fingerprint density at radius 1 is 1.02 bits per heavy atom. The molecule has 0 spiro atoms. The van der Waals surface area contributed by atoms with Gasteiger partial charge >= 0.3 is 6.18 Å². The van der Waals surface area contributed by atoms with Gasteiger partial charge in [-0.2, -0.15) is 13.2 Å². The van der Waals surface area contributed by atoms with Crippen LogP contribution in [0.3, 0.4) is 0 Å². The molecule has 3 heterocycles. The summed E-state index contributed by atoms with van der Waals surface area (Å²) in [5.74, 6) is 0.897. The number of benzene rings is 3. The van der Waals surface area contributed by atoms with Crippen LogP contribution in [-0.2, 0) is 12.1 Å². The molecule has 0 amide bonds. The second-order valence-corrected chi connectivity index (χ2v) is 10.7. The summed E-state index contributed by atoms with van der Waals surface area (Å²) in [6, 6.07) is 20.5. The van der Waals surface area contributed by atoms with Gasteiger partial charge in [0, 0.05) is 48.3 Å². The molecule has 6 rings (SSSR count). The van der Waals surface area contributed by atoms with Gasteiger partial charge in [-0.05, 0) is 49.7 Å². The maximum absolute atomic E-state index is 14.8. The van der Waals surface area contributed by atoms with Crippen molar-refractivity contribution in [1.82, 2.24) is 19.4 Å². The van der Waals surface area contributed by atoms with E-state index in [1.54, 1.807) is 4.90 Å². The topological polar surface area (TPSA) is 100 Å². The molecule has 1 saturated heterocycles. The van der Waals surface area contributed by atoms with Crippen LogP contribution in [0.25, 0.3) is 21.9 Å². The summed E-state index contributed by atoms with van der Waals surface area (Å²) in [6.07, 6.45) is -2.52. The smallest absolute Gasteiger partial charge is 0.375 e. The first-order valence-electron chi connectivity index (χ1n) is 13.4. The molecule has 0 bridgehead atoms. The molecular formula is C30H28F3N5O3. The molecule has 212 valence electrons. The van der Waals surface area contributed by atoms with Gasteiger partial charge in [-0.25, -0.2) is 4.98 Å². The summed E-state index contributed by atoms with van der Waals surface area (Å²) < 4.78 is 45.8. The molecule has 41 heavy (non-hydrogen) atoms. The molecule has 3 aromatic carbocycles. The minimum Gasteiger partial charge on any atom is -0.375 e. The predicted octanol–water partition coefficient (Wildman–Crippen LogP) is 6.10. The van der Waals surface area contributed by atoms with Crippen molar-refractivity contribution in [2.75, 3.05) is 19.6 Å². The monoisotopic (exact) mass is 563 g/mol. The number of piperidine rings is 1. The van der Waals surface area contributed by atoms with Crippen LogP contribution in [-0.4, -0.2) is 55.3 Å². The van der Waals surface area contributed by atoms with Crippen molar-refractivity contribution in [3.05, 3.63) is 106 Å².